The van der Waals surface area contributed by atoms with Crippen LogP contribution in [0.3, 0.4) is 0 Å². The van der Waals surface area contributed by atoms with Gasteiger partial charge in [-0.1, -0.05) is 37.4 Å². The number of nitrogens with two attached hydrogens (primary N) is 1. The summed E-state index contributed by atoms with van der Waals surface area (Å²) < 4.78 is 28.5. The Labute approximate surface area is 163 Å². The van der Waals surface area contributed by atoms with Crippen LogP contribution in [0.1, 0.15) is 60.5 Å². The molecule has 1 aromatic carbocycles. The number of hydrogen-bond donors (Lipinski definition) is 1. The molecule has 3 rings (SSSR count). The maximum absolute atomic E-state index is 14.4. The zero-order chi connectivity index (χ0) is 18.0. The summed E-state index contributed by atoms with van der Waals surface area (Å²) in [6.07, 6.45) is 7.13. The Balaban J connectivity index is 0.00000243. The van der Waals surface area contributed by atoms with Crippen molar-refractivity contribution in [2.24, 2.45) is 10.7 Å². The van der Waals surface area contributed by atoms with Crippen molar-refractivity contribution >= 4 is 35.2 Å². The van der Waals surface area contributed by atoms with Gasteiger partial charge < -0.3 is 10.6 Å². The summed E-state index contributed by atoms with van der Waals surface area (Å²) in [6.45, 7) is 0. The number of carbonyl (C=O) groups is 1. The minimum Gasteiger partial charge on any atom is -0.366 e. The Morgan fingerprint density at radius 1 is 1.19 bits per heavy atom. The standard InChI is InChI=1S/C18H23F2N3OS.ClH/c1-23-16(12-8-15(20)13(17(21)24)9-14(12)19)10-25-18(23)22-11-6-4-2-3-5-7-11;/h8-9,11,16H,2-7,10H2,1H3,(H2,21,24);1H. The van der Waals surface area contributed by atoms with Crippen LogP contribution in [0.4, 0.5) is 8.78 Å². The van der Waals surface area contributed by atoms with E-state index >= 15 is 0 Å². The highest BCUT2D eigenvalue weighted by molar-refractivity contribution is 8.14. The number of rotatable bonds is 3. The van der Waals surface area contributed by atoms with Crippen molar-refractivity contribution in [3.05, 3.63) is 34.9 Å². The van der Waals surface area contributed by atoms with Gasteiger partial charge in [0.15, 0.2) is 5.17 Å². The van der Waals surface area contributed by atoms with Crippen LogP contribution < -0.4 is 5.73 Å². The first-order valence-electron chi connectivity index (χ1n) is 8.69. The first-order chi connectivity index (χ1) is 12.0. The molecule has 1 amide bonds. The van der Waals surface area contributed by atoms with Gasteiger partial charge in [0.1, 0.15) is 11.6 Å². The van der Waals surface area contributed by atoms with E-state index in [4.69, 9.17) is 10.7 Å². The van der Waals surface area contributed by atoms with E-state index in [2.05, 4.69) is 0 Å². The average Bonchev–Trinajstić information content (AvgIpc) is 2.76. The maximum Gasteiger partial charge on any atom is 0.251 e. The normalized spacial score (nSPS) is 23.0. The number of benzene rings is 1. The SMILES string of the molecule is CN1C(=NC2CCCCCC2)SCC1c1cc(F)c(C(N)=O)cc1F.Cl. The maximum atomic E-state index is 14.4. The first-order valence-corrected chi connectivity index (χ1v) is 9.68. The Morgan fingerprint density at radius 2 is 1.85 bits per heavy atom. The molecule has 4 nitrogen and oxygen atoms in total. The molecule has 2 aliphatic rings. The van der Waals surface area contributed by atoms with E-state index in [1.54, 1.807) is 11.8 Å². The lowest BCUT2D eigenvalue weighted by molar-refractivity contribution is 0.0996. The minimum absolute atomic E-state index is 0. The van der Waals surface area contributed by atoms with E-state index in [0.29, 0.717) is 11.8 Å². The molecule has 0 bridgehead atoms. The third-order valence-corrected chi connectivity index (χ3v) is 6.10. The van der Waals surface area contributed by atoms with E-state index in [0.717, 1.165) is 30.1 Å². The molecule has 2 N–H and O–H groups in total. The van der Waals surface area contributed by atoms with Crippen molar-refractivity contribution in [2.75, 3.05) is 12.8 Å². The van der Waals surface area contributed by atoms with Crippen LogP contribution >= 0.6 is 24.2 Å². The molecule has 1 unspecified atom stereocenters. The van der Waals surface area contributed by atoms with E-state index in [9.17, 15) is 13.6 Å². The molecule has 0 aromatic heterocycles. The molecular weight excluding hydrogens is 380 g/mol. The third kappa shape index (κ3) is 4.49. The lowest BCUT2D eigenvalue weighted by atomic mass is 10.0. The average molecular weight is 404 g/mol. The van der Waals surface area contributed by atoms with Gasteiger partial charge in [0, 0.05) is 18.4 Å². The number of amidine groups is 1. The molecule has 1 heterocycles. The molecule has 1 aliphatic heterocycles. The number of carbonyl (C=O) groups excluding carboxylic acids is 1. The summed E-state index contributed by atoms with van der Waals surface area (Å²) in [7, 11) is 1.86. The molecule has 1 atom stereocenters. The second-order valence-electron chi connectivity index (χ2n) is 6.71. The van der Waals surface area contributed by atoms with Crippen LogP contribution in [0.2, 0.25) is 0 Å². The van der Waals surface area contributed by atoms with Gasteiger partial charge in [0.2, 0.25) is 0 Å². The fourth-order valence-corrected chi connectivity index (χ4v) is 4.74. The van der Waals surface area contributed by atoms with Crippen molar-refractivity contribution in [1.82, 2.24) is 4.90 Å². The van der Waals surface area contributed by atoms with Crippen molar-refractivity contribution in [1.29, 1.82) is 0 Å². The molecule has 1 saturated carbocycles. The van der Waals surface area contributed by atoms with Crippen molar-refractivity contribution < 1.29 is 13.6 Å². The number of hydrogen-bond acceptors (Lipinski definition) is 3. The Hall–Kier alpha value is -1.34. The molecule has 26 heavy (non-hydrogen) atoms. The van der Waals surface area contributed by atoms with Gasteiger partial charge in [0.25, 0.3) is 5.91 Å². The first kappa shape index (κ1) is 21.0. The second kappa shape index (κ2) is 9.04. The zero-order valence-electron chi connectivity index (χ0n) is 14.7. The predicted octanol–water partition coefficient (Wildman–Crippen LogP) is 4.28. The van der Waals surface area contributed by atoms with Crippen molar-refractivity contribution in [2.45, 2.75) is 50.6 Å². The summed E-state index contributed by atoms with van der Waals surface area (Å²) in [5.74, 6) is -1.75. The van der Waals surface area contributed by atoms with Gasteiger partial charge in [-0.25, -0.2) is 8.78 Å². The van der Waals surface area contributed by atoms with Crippen LogP contribution in [0, 0.1) is 11.6 Å². The Morgan fingerprint density at radius 3 is 2.46 bits per heavy atom. The molecule has 144 valence electrons. The smallest absolute Gasteiger partial charge is 0.251 e. The summed E-state index contributed by atoms with van der Waals surface area (Å²) in [4.78, 5) is 17.9. The Kier molecular flexibility index (Phi) is 7.29. The van der Waals surface area contributed by atoms with Crippen LogP contribution in [0.25, 0.3) is 0 Å². The number of amides is 1. The van der Waals surface area contributed by atoms with Gasteiger partial charge in [-0.15, -0.1) is 12.4 Å². The van der Waals surface area contributed by atoms with Crippen LogP contribution in [-0.4, -0.2) is 34.8 Å². The largest absolute Gasteiger partial charge is 0.366 e. The zero-order valence-corrected chi connectivity index (χ0v) is 16.3. The van der Waals surface area contributed by atoms with E-state index in [1.807, 2.05) is 11.9 Å². The fraction of sp³-hybridized carbons (Fsp3) is 0.556. The third-order valence-electron chi connectivity index (χ3n) is 4.97. The van der Waals surface area contributed by atoms with Crippen LogP contribution in [-0.2, 0) is 0 Å². The molecule has 8 heteroatoms. The molecule has 1 aromatic rings. The lowest BCUT2D eigenvalue weighted by Crippen LogP contribution is -2.26. The number of aliphatic imine (C=N–C) groups is 1. The van der Waals surface area contributed by atoms with Crippen LogP contribution in [0.15, 0.2) is 17.1 Å². The quantitative estimate of drug-likeness (QED) is 0.766. The molecule has 1 saturated heterocycles. The Bertz CT molecular complexity index is 693. The molecule has 0 spiro atoms. The van der Waals surface area contributed by atoms with Crippen molar-refractivity contribution in [3.63, 3.8) is 0 Å². The van der Waals surface area contributed by atoms with E-state index in [1.165, 1.54) is 25.7 Å². The monoisotopic (exact) mass is 403 g/mol. The van der Waals surface area contributed by atoms with Crippen LogP contribution in [0.5, 0.6) is 0 Å². The predicted molar refractivity (Wildman–Crippen MR) is 104 cm³/mol. The summed E-state index contributed by atoms with van der Waals surface area (Å²) in [5.41, 5.74) is 4.90. The summed E-state index contributed by atoms with van der Waals surface area (Å²) >= 11 is 1.57. The highest BCUT2D eigenvalue weighted by atomic mass is 35.5. The van der Waals surface area contributed by atoms with E-state index in [-0.39, 0.29) is 24.0 Å². The van der Waals surface area contributed by atoms with Gasteiger partial charge in [-0.05, 0) is 25.0 Å². The topological polar surface area (TPSA) is 58.7 Å². The molecule has 0 radical (unpaired) electrons. The number of primary amides is 1. The fourth-order valence-electron chi connectivity index (χ4n) is 3.48. The van der Waals surface area contributed by atoms with Gasteiger partial charge in [-0.2, -0.15) is 0 Å². The van der Waals surface area contributed by atoms with Gasteiger partial charge in [-0.3, -0.25) is 9.79 Å². The highest BCUT2D eigenvalue weighted by Crippen LogP contribution is 2.36. The second-order valence-corrected chi connectivity index (χ2v) is 7.70. The minimum atomic E-state index is -0.965. The van der Waals surface area contributed by atoms with E-state index < -0.39 is 23.1 Å². The molecular formula is C18H24ClF2N3OS. The number of nitrogens with zero attached hydrogens (tertiary/aromatic N) is 2. The summed E-state index contributed by atoms with van der Waals surface area (Å²) in [5, 5.41) is 0.885. The lowest BCUT2D eigenvalue weighted by Gasteiger charge is -2.23. The molecule has 2 fully saturated rings. The number of thioether (sulfide) groups is 1. The van der Waals surface area contributed by atoms with Gasteiger partial charge >= 0.3 is 0 Å². The summed E-state index contributed by atoms with van der Waals surface area (Å²) in [6, 6.07) is 2.01. The number of halogens is 3. The highest BCUT2D eigenvalue weighted by Gasteiger charge is 2.32. The molecule has 1 aliphatic carbocycles. The van der Waals surface area contributed by atoms with Gasteiger partial charge in [0.05, 0.1) is 17.6 Å². The van der Waals surface area contributed by atoms with Crippen molar-refractivity contribution in [3.8, 4) is 0 Å².